The second kappa shape index (κ2) is 5.86. The van der Waals surface area contributed by atoms with Crippen LogP contribution in [-0.2, 0) is 5.54 Å². The lowest BCUT2D eigenvalue weighted by atomic mass is 9.90. The Hall–Kier alpha value is -2.38. The second-order valence-corrected chi connectivity index (χ2v) is 6.98. The highest BCUT2D eigenvalue weighted by Crippen LogP contribution is 2.38. The predicted molar refractivity (Wildman–Crippen MR) is 106 cm³/mol. The van der Waals surface area contributed by atoms with Crippen LogP contribution in [0.3, 0.4) is 0 Å². The highest BCUT2D eigenvalue weighted by molar-refractivity contribution is 7.81. The molecule has 0 radical (unpaired) electrons. The molecule has 0 aliphatic carbocycles. The van der Waals surface area contributed by atoms with Crippen molar-refractivity contribution in [2.45, 2.75) is 18.6 Å². The fourth-order valence-electron chi connectivity index (χ4n) is 3.38. The summed E-state index contributed by atoms with van der Waals surface area (Å²) in [6, 6.07) is 18.0. The molecule has 2 aromatic rings. The van der Waals surface area contributed by atoms with Gasteiger partial charge in [0.15, 0.2) is 16.4 Å². The van der Waals surface area contributed by atoms with Crippen LogP contribution in [0.4, 0.5) is 5.69 Å². The fraction of sp³-hybridized carbons (Fsp3) is 0.222. The zero-order chi connectivity index (χ0) is 17.6. The number of hydrogen-bond donors (Lipinski definition) is 2. The molecule has 7 heteroatoms. The number of benzene rings is 2. The van der Waals surface area contributed by atoms with Gasteiger partial charge in [0.1, 0.15) is 11.3 Å². The molecule has 2 saturated heterocycles. The third-order valence-corrected chi connectivity index (χ3v) is 5.30. The smallest absolute Gasteiger partial charge is 0.194 e. The van der Waals surface area contributed by atoms with Gasteiger partial charge >= 0.3 is 0 Å². The second-order valence-electron chi connectivity index (χ2n) is 6.20. The Balaban J connectivity index is 1.72. The minimum atomic E-state index is -0.385. The van der Waals surface area contributed by atoms with E-state index in [0.29, 0.717) is 10.2 Å². The van der Waals surface area contributed by atoms with Gasteiger partial charge in [-0.3, -0.25) is 0 Å². The Morgan fingerprint density at radius 3 is 2.32 bits per heavy atom. The van der Waals surface area contributed by atoms with Crippen molar-refractivity contribution in [3.05, 3.63) is 60.2 Å². The Morgan fingerprint density at radius 1 is 1.00 bits per heavy atom. The van der Waals surface area contributed by atoms with E-state index in [1.807, 2.05) is 52.5 Å². The van der Waals surface area contributed by atoms with Gasteiger partial charge in [-0.1, -0.05) is 30.3 Å². The molecule has 0 aromatic heterocycles. The number of fused-ring (bicyclic) bond motifs is 1. The van der Waals surface area contributed by atoms with Crippen molar-refractivity contribution in [2.24, 2.45) is 0 Å². The van der Waals surface area contributed by atoms with Crippen LogP contribution in [0.5, 0.6) is 5.75 Å². The SMILES string of the molecule is COc1ccc(N2C(=S)N[C@H]3N2C(=S)N[C@]3(C)c2ccccc2)cc1. The van der Waals surface area contributed by atoms with Gasteiger partial charge in [0.2, 0.25) is 0 Å². The summed E-state index contributed by atoms with van der Waals surface area (Å²) >= 11 is 11.2. The molecule has 0 spiro atoms. The van der Waals surface area contributed by atoms with Crippen LogP contribution in [0.15, 0.2) is 54.6 Å². The monoisotopic (exact) mass is 370 g/mol. The zero-order valence-electron chi connectivity index (χ0n) is 13.9. The summed E-state index contributed by atoms with van der Waals surface area (Å²) in [5.74, 6) is 0.801. The predicted octanol–water partition coefficient (Wildman–Crippen LogP) is 2.74. The van der Waals surface area contributed by atoms with Crippen LogP contribution in [0, 0.1) is 0 Å². The molecule has 5 nitrogen and oxygen atoms in total. The first-order chi connectivity index (χ1) is 12.0. The molecule has 25 heavy (non-hydrogen) atoms. The van der Waals surface area contributed by atoms with Gasteiger partial charge in [-0.25, -0.2) is 10.0 Å². The van der Waals surface area contributed by atoms with Crippen LogP contribution in [0.1, 0.15) is 12.5 Å². The quantitative estimate of drug-likeness (QED) is 0.805. The van der Waals surface area contributed by atoms with Crippen LogP contribution < -0.4 is 20.4 Å². The molecular formula is C18H18N4OS2. The average molecular weight is 371 g/mol. The van der Waals surface area contributed by atoms with Crippen molar-refractivity contribution in [3.63, 3.8) is 0 Å². The number of ether oxygens (including phenoxy) is 1. The van der Waals surface area contributed by atoms with E-state index in [1.165, 1.54) is 0 Å². The number of nitrogens with zero attached hydrogens (tertiary/aromatic N) is 2. The summed E-state index contributed by atoms with van der Waals surface area (Å²) < 4.78 is 5.24. The van der Waals surface area contributed by atoms with Crippen LogP contribution in [0.25, 0.3) is 0 Å². The van der Waals surface area contributed by atoms with Crippen molar-refractivity contribution in [2.75, 3.05) is 12.1 Å². The van der Waals surface area contributed by atoms with Gasteiger partial charge in [0, 0.05) is 0 Å². The number of hydrogen-bond acceptors (Lipinski definition) is 3. The van der Waals surface area contributed by atoms with Crippen molar-refractivity contribution in [3.8, 4) is 5.75 Å². The molecule has 0 unspecified atom stereocenters. The molecule has 2 atom stereocenters. The zero-order valence-corrected chi connectivity index (χ0v) is 15.5. The topological polar surface area (TPSA) is 39.8 Å². The van der Waals surface area contributed by atoms with Crippen molar-refractivity contribution >= 4 is 40.3 Å². The number of rotatable bonds is 3. The molecule has 2 aliphatic rings. The van der Waals surface area contributed by atoms with Crippen molar-refractivity contribution < 1.29 is 4.74 Å². The molecular weight excluding hydrogens is 352 g/mol. The van der Waals surface area contributed by atoms with Gasteiger partial charge in [-0.2, -0.15) is 0 Å². The minimum absolute atomic E-state index is 0.1000. The maximum atomic E-state index is 5.63. The molecule has 2 N–H and O–H groups in total. The van der Waals surface area contributed by atoms with Gasteiger partial charge in [-0.05, 0) is 61.2 Å². The first-order valence-corrected chi connectivity index (χ1v) is 8.78. The lowest BCUT2D eigenvalue weighted by Crippen LogP contribution is -2.49. The molecule has 0 amide bonds. The van der Waals surface area contributed by atoms with Gasteiger partial charge in [0.25, 0.3) is 0 Å². The average Bonchev–Trinajstić information content (AvgIpc) is 3.11. The van der Waals surface area contributed by atoms with E-state index in [1.54, 1.807) is 7.11 Å². The molecule has 2 aromatic carbocycles. The molecule has 128 valence electrons. The fourth-order valence-corrected chi connectivity index (χ4v) is 4.08. The first kappa shape index (κ1) is 16.1. The summed E-state index contributed by atoms with van der Waals surface area (Å²) in [5.41, 5.74) is 1.70. The normalized spacial score (nSPS) is 24.8. The van der Waals surface area contributed by atoms with Crippen LogP contribution >= 0.6 is 24.4 Å². The van der Waals surface area contributed by atoms with Gasteiger partial charge in [-0.15, -0.1) is 0 Å². The Morgan fingerprint density at radius 2 is 1.68 bits per heavy atom. The molecule has 2 aliphatic heterocycles. The largest absolute Gasteiger partial charge is 0.497 e. The van der Waals surface area contributed by atoms with E-state index in [0.717, 1.165) is 17.0 Å². The number of hydrazine groups is 1. The molecule has 2 fully saturated rings. The molecule has 0 bridgehead atoms. The number of thiocarbonyl (C=S) groups is 2. The maximum absolute atomic E-state index is 5.63. The van der Waals surface area contributed by atoms with E-state index in [4.69, 9.17) is 29.2 Å². The summed E-state index contributed by atoms with van der Waals surface area (Å²) in [5, 5.41) is 12.1. The first-order valence-electron chi connectivity index (χ1n) is 7.96. The van der Waals surface area contributed by atoms with Gasteiger partial charge in [0.05, 0.1) is 12.8 Å². The Kier molecular flexibility index (Phi) is 3.77. The summed E-state index contributed by atoms with van der Waals surface area (Å²) in [6.45, 7) is 2.13. The highest BCUT2D eigenvalue weighted by Gasteiger charge is 2.54. The number of methoxy groups -OCH3 is 1. The summed E-state index contributed by atoms with van der Waals surface area (Å²) in [6.07, 6.45) is -0.1000. The van der Waals surface area contributed by atoms with Crippen LogP contribution in [0.2, 0.25) is 0 Å². The highest BCUT2D eigenvalue weighted by atomic mass is 32.1. The lowest BCUT2D eigenvalue weighted by molar-refractivity contribution is 0.264. The number of anilines is 1. The molecule has 2 heterocycles. The summed E-state index contributed by atoms with van der Waals surface area (Å²) in [4.78, 5) is 0. The number of nitrogens with one attached hydrogen (secondary N) is 2. The van der Waals surface area contributed by atoms with E-state index < -0.39 is 0 Å². The maximum Gasteiger partial charge on any atom is 0.194 e. The van der Waals surface area contributed by atoms with Crippen LogP contribution in [-0.4, -0.2) is 28.5 Å². The Bertz CT molecular complexity index is 827. The minimum Gasteiger partial charge on any atom is -0.497 e. The van der Waals surface area contributed by atoms with Gasteiger partial charge < -0.3 is 15.4 Å². The molecule has 0 saturated carbocycles. The third-order valence-electron chi connectivity index (χ3n) is 4.72. The van der Waals surface area contributed by atoms with E-state index >= 15 is 0 Å². The van der Waals surface area contributed by atoms with Crippen molar-refractivity contribution in [1.29, 1.82) is 0 Å². The Labute approximate surface area is 157 Å². The standard InChI is InChI=1S/C18H18N4OS2/c1-18(12-6-4-3-5-7-12)15-19-16(24)21(22(15)17(25)20-18)13-8-10-14(23-2)11-9-13/h3-11,15H,1-2H3,(H,19,24)(H,20,25)/t15-,18+/m0/s1. The third kappa shape index (κ3) is 2.42. The van der Waals surface area contributed by atoms with E-state index in [2.05, 4.69) is 29.7 Å². The van der Waals surface area contributed by atoms with E-state index in [-0.39, 0.29) is 11.7 Å². The van der Waals surface area contributed by atoms with Crippen molar-refractivity contribution in [1.82, 2.24) is 15.6 Å². The molecule has 4 rings (SSSR count). The lowest BCUT2D eigenvalue weighted by Gasteiger charge is -2.30. The van der Waals surface area contributed by atoms with E-state index in [9.17, 15) is 0 Å². The summed E-state index contributed by atoms with van der Waals surface area (Å²) in [7, 11) is 1.65.